The second-order valence-corrected chi connectivity index (χ2v) is 9.29. The van der Waals surface area contributed by atoms with Crippen LogP contribution in [0.3, 0.4) is 0 Å². The molecule has 3 rings (SSSR count). The summed E-state index contributed by atoms with van der Waals surface area (Å²) in [5.41, 5.74) is 4.14. The first-order chi connectivity index (χ1) is 18.8. The number of unbranched alkanes of at least 4 members (excludes halogenated alkanes) is 4. The summed E-state index contributed by atoms with van der Waals surface area (Å²) in [5.74, 6) is -1.50. The number of esters is 2. The van der Waals surface area contributed by atoms with Crippen LogP contribution in [0.25, 0.3) is 22.4 Å². The Morgan fingerprint density at radius 1 is 0.744 bits per heavy atom. The molecular weight excluding hydrogens is 494 g/mol. The van der Waals surface area contributed by atoms with Crippen molar-refractivity contribution in [2.45, 2.75) is 45.4 Å². The lowest BCUT2D eigenvalue weighted by Gasteiger charge is -2.12. The lowest BCUT2D eigenvalue weighted by atomic mass is 10.0. The van der Waals surface area contributed by atoms with Crippen molar-refractivity contribution in [3.63, 3.8) is 0 Å². The van der Waals surface area contributed by atoms with Crippen molar-refractivity contribution in [2.75, 3.05) is 13.2 Å². The zero-order valence-electron chi connectivity index (χ0n) is 22.3. The van der Waals surface area contributed by atoms with E-state index in [2.05, 4.69) is 49.3 Å². The summed E-state index contributed by atoms with van der Waals surface area (Å²) in [6, 6.07) is 16.7. The Morgan fingerprint density at radius 2 is 1.31 bits per heavy atom. The van der Waals surface area contributed by atoms with Gasteiger partial charge in [-0.3, -0.25) is 4.98 Å². The number of benzene rings is 2. The Balaban J connectivity index is 1.79. The van der Waals surface area contributed by atoms with Crippen molar-refractivity contribution >= 4 is 11.9 Å². The molecule has 0 amide bonds. The fourth-order valence-corrected chi connectivity index (χ4v) is 3.86. The third kappa shape index (κ3) is 8.74. The summed E-state index contributed by atoms with van der Waals surface area (Å²) in [6.45, 7) is 8.03. The van der Waals surface area contributed by atoms with Crippen LogP contribution in [-0.2, 0) is 16.0 Å². The van der Waals surface area contributed by atoms with Crippen molar-refractivity contribution in [2.24, 2.45) is 0 Å². The molecule has 0 fully saturated rings. The van der Waals surface area contributed by atoms with E-state index in [9.17, 15) is 9.59 Å². The number of carbonyl (C=O) groups is 2. The van der Waals surface area contributed by atoms with E-state index in [1.54, 1.807) is 18.3 Å². The molecule has 0 unspecified atom stereocenters. The number of aromatic nitrogens is 1. The molecule has 3 aromatic rings. The molecule has 0 radical (unpaired) electrons. The zero-order chi connectivity index (χ0) is 28.2. The van der Waals surface area contributed by atoms with E-state index in [1.165, 1.54) is 43.7 Å². The smallest absolute Gasteiger partial charge is 0.341 e. The Labute approximate surface area is 229 Å². The minimum atomic E-state index is -0.820. The third-order valence-electron chi connectivity index (χ3n) is 6.18. The normalized spacial score (nSPS) is 10.6. The lowest BCUT2D eigenvalue weighted by Crippen LogP contribution is -2.14. The molecule has 1 heterocycles. The highest BCUT2D eigenvalue weighted by Crippen LogP contribution is 2.31. The summed E-state index contributed by atoms with van der Waals surface area (Å²) >= 11 is 0. The number of pyridine rings is 1. The summed E-state index contributed by atoms with van der Waals surface area (Å²) < 4.78 is 10.6. The van der Waals surface area contributed by atoms with E-state index in [0.717, 1.165) is 17.5 Å². The van der Waals surface area contributed by atoms with Gasteiger partial charge in [-0.15, -0.1) is 0 Å². The molecule has 0 aliphatic rings. The summed E-state index contributed by atoms with van der Waals surface area (Å²) in [7, 11) is 0. The Hall–Kier alpha value is -4.07. The molecule has 2 aromatic carbocycles. The molecule has 7 heteroatoms. The number of hydrogen-bond acceptors (Lipinski definition) is 7. The highest BCUT2D eigenvalue weighted by atomic mass is 16.5. The van der Waals surface area contributed by atoms with Crippen LogP contribution in [0.5, 0.6) is 11.5 Å². The monoisotopic (exact) mass is 529 g/mol. The third-order valence-corrected chi connectivity index (χ3v) is 6.18. The van der Waals surface area contributed by atoms with E-state index in [0.29, 0.717) is 11.3 Å². The van der Waals surface area contributed by atoms with Crippen LogP contribution < -0.4 is 9.47 Å². The average Bonchev–Trinajstić information content (AvgIpc) is 2.96. The van der Waals surface area contributed by atoms with Gasteiger partial charge in [0.2, 0.25) is 0 Å². The van der Waals surface area contributed by atoms with E-state index in [-0.39, 0.29) is 22.6 Å². The van der Waals surface area contributed by atoms with Crippen molar-refractivity contribution in [1.29, 1.82) is 0 Å². The van der Waals surface area contributed by atoms with Gasteiger partial charge >= 0.3 is 11.9 Å². The van der Waals surface area contributed by atoms with Crippen LogP contribution >= 0.6 is 0 Å². The number of aryl methyl sites for hydroxylation is 1. The largest absolute Gasteiger partial charge is 0.423 e. The van der Waals surface area contributed by atoms with Gasteiger partial charge in [0, 0.05) is 23.4 Å². The van der Waals surface area contributed by atoms with Gasteiger partial charge in [0.05, 0.1) is 30.1 Å². The number of aliphatic hydroxyl groups excluding tert-OH is 2. The molecule has 0 atom stereocenters. The maximum atomic E-state index is 12.2. The summed E-state index contributed by atoms with van der Waals surface area (Å²) in [5, 5.41) is 18.3. The van der Waals surface area contributed by atoms with Crippen LogP contribution in [0.1, 0.15) is 44.6 Å². The first kappa shape index (κ1) is 29.5. The highest BCUT2D eigenvalue weighted by molar-refractivity contribution is 5.91. The van der Waals surface area contributed by atoms with Crippen LogP contribution in [0.15, 0.2) is 85.1 Å². The van der Waals surface area contributed by atoms with Crippen molar-refractivity contribution in [3.05, 3.63) is 90.7 Å². The van der Waals surface area contributed by atoms with E-state index in [1.807, 2.05) is 12.1 Å². The number of ether oxygens (including phenoxy) is 2. The molecule has 0 saturated carbocycles. The quantitative estimate of drug-likeness (QED) is 0.117. The van der Waals surface area contributed by atoms with E-state index < -0.39 is 25.2 Å². The van der Waals surface area contributed by atoms with Crippen LogP contribution in [0.4, 0.5) is 0 Å². The van der Waals surface area contributed by atoms with Gasteiger partial charge in [-0.25, -0.2) is 9.59 Å². The first-order valence-corrected chi connectivity index (χ1v) is 13.1. The molecule has 1 aromatic heterocycles. The van der Waals surface area contributed by atoms with Gasteiger partial charge in [0.15, 0.2) is 0 Å². The predicted octanol–water partition coefficient (Wildman–Crippen LogP) is 5.84. The molecule has 39 heavy (non-hydrogen) atoms. The summed E-state index contributed by atoms with van der Waals surface area (Å²) in [4.78, 5) is 28.9. The van der Waals surface area contributed by atoms with Gasteiger partial charge in [0.1, 0.15) is 11.5 Å². The minimum absolute atomic E-state index is 0.0701. The van der Waals surface area contributed by atoms with Crippen molar-refractivity contribution in [1.82, 2.24) is 4.98 Å². The van der Waals surface area contributed by atoms with Gasteiger partial charge in [-0.2, -0.15) is 0 Å². The molecule has 0 aliphatic heterocycles. The highest BCUT2D eigenvalue weighted by Gasteiger charge is 2.15. The van der Waals surface area contributed by atoms with Crippen molar-refractivity contribution < 1.29 is 29.3 Å². The van der Waals surface area contributed by atoms with Gasteiger partial charge in [0.25, 0.3) is 0 Å². The van der Waals surface area contributed by atoms with E-state index in [4.69, 9.17) is 19.7 Å². The molecule has 2 N–H and O–H groups in total. The number of aliphatic hydroxyl groups is 2. The predicted molar refractivity (Wildman–Crippen MR) is 151 cm³/mol. The molecule has 0 bridgehead atoms. The topological polar surface area (TPSA) is 106 Å². The van der Waals surface area contributed by atoms with Crippen LogP contribution in [-0.4, -0.2) is 40.3 Å². The second kappa shape index (κ2) is 14.8. The minimum Gasteiger partial charge on any atom is -0.423 e. The molecule has 7 nitrogen and oxygen atoms in total. The molecular formula is C32H35NO6. The fourth-order valence-electron chi connectivity index (χ4n) is 3.86. The number of hydrogen-bond donors (Lipinski definition) is 2. The van der Waals surface area contributed by atoms with E-state index >= 15 is 0 Å². The molecule has 0 saturated heterocycles. The Bertz CT molecular complexity index is 1250. The first-order valence-electron chi connectivity index (χ1n) is 13.1. The number of nitrogens with zero attached hydrogens (tertiary/aromatic N) is 1. The SMILES string of the molecule is C=C(CO)C(=O)Oc1cc(OC(=O)C(=C)CO)cc(-c2ccc(-c3ccc(CCCCCCC)cc3)cn2)c1. The molecule has 0 aliphatic carbocycles. The Kier molecular flexibility index (Phi) is 11.2. The van der Waals surface area contributed by atoms with Gasteiger partial charge in [-0.1, -0.05) is 76.1 Å². The maximum absolute atomic E-state index is 12.2. The Morgan fingerprint density at radius 3 is 1.82 bits per heavy atom. The van der Waals surface area contributed by atoms with Crippen molar-refractivity contribution in [3.8, 4) is 33.9 Å². The zero-order valence-corrected chi connectivity index (χ0v) is 22.3. The second-order valence-electron chi connectivity index (χ2n) is 9.29. The molecule has 204 valence electrons. The lowest BCUT2D eigenvalue weighted by molar-refractivity contribution is -0.131. The number of carbonyl (C=O) groups excluding carboxylic acids is 2. The number of rotatable bonds is 14. The fraction of sp³-hybridized carbons (Fsp3) is 0.281. The molecule has 0 spiro atoms. The maximum Gasteiger partial charge on any atom is 0.341 e. The summed E-state index contributed by atoms with van der Waals surface area (Å²) in [6.07, 6.45) is 9.11. The standard InChI is InChI=1S/C32H35NO6/c1-4-5-6-7-8-9-24-10-12-25(13-11-24)26-14-15-30(33-19-26)27-16-28(38-31(36)22(2)20-34)18-29(17-27)39-32(37)23(3)21-35/h10-19,34-35H,2-9,20-21H2,1H3. The van der Waals surface area contributed by atoms with Gasteiger partial charge < -0.3 is 19.7 Å². The van der Waals surface area contributed by atoms with Crippen LogP contribution in [0, 0.1) is 0 Å². The average molecular weight is 530 g/mol. The van der Waals surface area contributed by atoms with Crippen LogP contribution in [0.2, 0.25) is 0 Å². The van der Waals surface area contributed by atoms with Gasteiger partial charge in [-0.05, 0) is 42.2 Å².